The van der Waals surface area contributed by atoms with Gasteiger partial charge < -0.3 is 0 Å². The minimum Gasteiger partial charge on any atom is -0.298 e. The largest absolute Gasteiger partial charge is 0.298 e. The number of carbonyl (C=O) groups is 1. The van der Waals surface area contributed by atoms with Crippen molar-refractivity contribution < 1.29 is 9.18 Å². The van der Waals surface area contributed by atoms with Crippen molar-refractivity contribution in [1.82, 2.24) is 4.98 Å². The Morgan fingerprint density at radius 1 is 1.32 bits per heavy atom. The van der Waals surface area contributed by atoms with Gasteiger partial charge in [0.2, 0.25) is 0 Å². The van der Waals surface area contributed by atoms with Crippen LogP contribution in [-0.2, 0) is 16.6 Å². The molecular weight excluding hydrogens is 261 g/mol. The molecule has 0 aliphatic carbocycles. The van der Waals surface area contributed by atoms with Crippen LogP contribution in [0.5, 0.6) is 0 Å². The number of nitrogens with zero attached hydrogens (tertiary/aromatic N) is 1. The zero-order valence-corrected chi connectivity index (χ0v) is 12.1. The second-order valence-corrected chi connectivity index (χ2v) is 6.06. The summed E-state index contributed by atoms with van der Waals surface area (Å²) in [6, 6.07) is 6.11. The van der Waals surface area contributed by atoms with Gasteiger partial charge in [-0.3, -0.25) is 4.79 Å². The summed E-state index contributed by atoms with van der Waals surface area (Å²) in [4.78, 5) is 16.7. The van der Waals surface area contributed by atoms with Crippen molar-refractivity contribution in [2.45, 2.75) is 32.6 Å². The maximum absolute atomic E-state index is 12.9. The van der Waals surface area contributed by atoms with E-state index >= 15 is 0 Å². The molecule has 1 aromatic carbocycles. The molecule has 0 aliphatic rings. The fraction of sp³-hybridized carbons (Fsp3) is 0.333. The van der Waals surface area contributed by atoms with Crippen molar-refractivity contribution in [2.24, 2.45) is 0 Å². The molecule has 0 aliphatic heterocycles. The van der Waals surface area contributed by atoms with Crippen molar-refractivity contribution in [2.75, 3.05) is 0 Å². The maximum atomic E-state index is 12.9. The van der Waals surface area contributed by atoms with Crippen LogP contribution in [-0.4, -0.2) is 10.8 Å². The Morgan fingerprint density at radius 3 is 2.47 bits per heavy atom. The summed E-state index contributed by atoms with van der Waals surface area (Å²) in [6.07, 6.45) is 0.322. The zero-order valence-electron chi connectivity index (χ0n) is 11.2. The number of thiazole rings is 1. The third kappa shape index (κ3) is 3.07. The van der Waals surface area contributed by atoms with Gasteiger partial charge in [-0.05, 0) is 38.5 Å². The molecule has 0 N–H and O–H groups in total. The third-order valence-electron chi connectivity index (χ3n) is 3.24. The fourth-order valence-electron chi connectivity index (χ4n) is 1.87. The third-order valence-corrected chi connectivity index (χ3v) is 4.21. The number of hydrogen-bond acceptors (Lipinski definition) is 3. The maximum Gasteiger partial charge on any atom is 0.149 e. The van der Waals surface area contributed by atoms with E-state index in [4.69, 9.17) is 0 Å². The van der Waals surface area contributed by atoms with E-state index < -0.39 is 5.41 Å². The second-order valence-electron chi connectivity index (χ2n) is 5.11. The smallest absolute Gasteiger partial charge is 0.149 e. The zero-order chi connectivity index (χ0) is 14.0. The predicted octanol–water partition coefficient (Wildman–Crippen LogP) is 3.68. The first kappa shape index (κ1) is 13.9. The number of rotatable bonds is 4. The van der Waals surface area contributed by atoms with Crippen LogP contribution in [0.3, 0.4) is 0 Å². The van der Waals surface area contributed by atoms with E-state index in [2.05, 4.69) is 4.98 Å². The van der Waals surface area contributed by atoms with Crippen molar-refractivity contribution in [3.63, 3.8) is 0 Å². The molecule has 0 unspecified atom stereocenters. The summed E-state index contributed by atoms with van der Waals surface area (Å²) in [5.74, 6) is -0.198. The first-order valence-corrected chi connectivity index (χ1v) is 6.98. The Labute approximate surface area is 116 Å². The highest BCUT2D eigenvalue weighted by atomic mass is 32.1. The van der Waals surface area contributed by atoms with E-state index in [0.717, 1.165) is 16.3 Å². The van der Waals surface area contributed by atoms with Gasteiger partial charge in [-0.1, -0.05) is 12.1 Å². The molecule has 0 bridgehead atoms. The number of carbonyl (C=O) groups excluding carboxylic acids is 1. The molecule has 0 amide bonds. The van der Waals surface area contributed by atoms with E-state index in [1.807, 2.05) is 26.2 Å². The van der Waals surface area contributed by atoms with Crippen LogP contribution in [0, 0.1) is 12.7 Å². The number of ketones is 1. The number of benzene rings is 1. The van der Waals surface area contributed by atoms with Crippen molar-refractivity contribution in [3.8, 4) is 0 Å². The van der Waals surface area contributed by atoms with Crippen LogP contribution < -0.4 is 0 Å². The van der Waals surface area contributed by atoms with Gasteiger partial charge >= 0.3 is 0 Å². The van der Waals surface area contributed by atoms with Gasteiger partial charge in [0.1, 0.15) is 16.6 Å². The quantitative estimate of drug-likeness (QED) is 0.853. The van der Waals surface area contributed by atoms with Crippen molar-refractivity contribution in [1.29, 1.82) is 0 Å². The highest BCUT2D eigenvalue weighted by Crippen LogP contribution is 2.26. The van der Waals surface area contributed by atoms with Crippen LogP contribution in [0.1, 0.15) is 30.1 Å². The van der Waals surface area contributed by atoms with Crippen LogP contribution in [0.15, 0.2) is 29.6 Å². The summed E-state index contributed by atoms with van der Waals surface area (Å²) < 4.78 is 12.9. The molecule has 4 heteroatoms. The topological polar surface area (TPSA) is 30.0 Å². The summed E-state index contributed by atoms with van der Waals surface area (Å²) in [7, 11) is 0. The Bertz CT molecular complexity index is 586. The molecule has 0 radical (unpaired) electrons. The number of Topliss-reactive ketones (excluding diaryl/α,β-unsaturated/α-hetero) is 1. The van der Waals surface area contributed by atoms with Gasteiger partial charge in [0.25, 0.3) is 0 Å². The second kappa shape index (κ2) is 5.21. The van der Waals surface area contributed by atoms with Gasteiger partial charge in [0.15, 0.2) is 0 Å². The van der Waals surface area contributed by atoms with E-state index in [1.54, 1.807) is 12.1 Å². The molecule has 2 rings (SSSR count). The van der Waals surface area contributed by atoms with Crippen LogP contribution in [0.25, 0.3) is 0 Å². The molecule has 19 heavy (non-hydrogen) atoms. The molecular formula is C15H16FNOS. The monoisotopic (exact) mass is 277 g/mol. The Balaban J connectivity index is 2.19. The number of halogens is 1. The van der Waals surface area contributed by atoms with Crippen LogP contribution in [0.4, 0.5) is 4.39 Å². The SMILES string of the molecule is Cc1csc(CC(=O)C(C)(C)c2ccc(F)cc2)n1. The lowest BCUT2D eigenvalue weighted by molar-refractivity contribution is -0.122. The molecule has 2 nitrogen and oxygen atoms in total. The Hall–Kier alpha value is -1.55. The molecule has 1 aromatic heterocycles. The average molecular weight is 277 g/mol. The normalized spacial score (nSPS) is 11.6. The summed E-state index contributed by atoms with van der Waals surface area (Å²) >= 11 is 1.50. The van der Waals surface area contributed by atoms with E-state index in [9.17, 15) is 9.18 Å². The van der Waals surface area contributed by atoms with Gasteiger partial charge in [0, 0.05) is 16.5 Å². The number of hydrogen-bond donors (Lipinski definition) is 0. The molecule has 0 saturated heterocycles. The van der Waals surface area contributed by atoms with Crippen LogP contribution in [0.2, 0.25) is 0 Å². The van der Waals surface area contributed by atoms with Gasteiger partial charge in [0.05, 0.1) is 6.42 Å². The lowest BCUT2D eigenvalue weighted by Gasteiger charge is -2.23. The Morgan fingerprint density at radius 2 is 1.95 bits per heavy atom. The highest BCUT2D eigenvalue weighted by Gasteiger charge is 2.30. The van der Waals surface area contributed by atoms with Crippen molar-refractivity contribution in [3.05, 3.63) is 51.7 Å². The van der Waals surface area contributed by atoms with Gasteiger partial charge in [-0.25, -0.2) is 9.37 Å². The van der Waals surface area contributed by atoms with E-state index in [1.165, 1.54) is 23.5 Å². The average Bonchev–Trinajstić information content (AvgIpc) is 2.75. The summed E-state index contributed by atoms with van der Waals surface area (Å²) in [5, 5.41) is 2.77. The molecule has 100 valence electrons. The predicted molar refractivity (Wildman–Crippen MR) is 75.0 cm³/mol. The minimum absolute atomic E-state index is 0.0912. The summed E-state index contributed by atoms with van der Waals surface area (Å²) in [5.41, 5.74) is 1.13. The lowest BCUT2D eigenvalue weighted by atomic mass is 9.79. The first-order chi connectivity index (χ1) is 8.89. The number of aromatic nitrogens is 1. The Kier molecular flexibility index (Phi) is 3.80. The van der Waals surface area contributed by atoms with E-state index in [0.29, 0.717) is 6.42 Å². The van der Waals surface area contributed by atoms with E-state index in [-0.39, 0.29) is 11.6 Å². The van der Waals surface area contributed by atoms with Crippen molar-refractivity contribution >= 4 is 17.1 Å². The van der Waals surface area contributed by atoms with Gasteiger partial charge in [-0.2, -0.15) is 0 Å². The standard InChI is InChI=1S/C15H16FNOS/c1-10-9-19-14(17-10)8-13(18)15(2,3)11-4-6-12(16)7-5-11/h4-7,9H,8H2,1-3H3. The number of aryl methyl sites for hydroxylation is 1. The molecule has 0 atom stereocenters. The summed E-state index contributed by atoms with van der Waals surface area (Å²) in [6.45, 7) is 5.64. The molecule has 1 heterocycles. The first-order valence-electron chi connectivity index (χ1n) is 6.10. The molecule has 0 fully saturated rings. The molecule has 0 spiro atoms. The fourth-order valence-corrected chi connectivity index (χ4v) is 2.64. The minimum atomic E-state index is -0.632. The molecule has 0 saturated carbocycles. The highest BCUT2D eigenvalue weighted by molar-refractivity contribution is 7.09. The van der Waals surface area contributed by atoms with Gasteiger partial charge in [-0.15, -0.1) is 11.3 Å². The molecule has 2 aromatic rings. The lowest BCUT2D eigenvalue weighted by Crippen LogP contribution is -2.30. The van der Waals surface area contributed by atoms with Crippen LogP contribution >= 0.6 is 11.3 Å².